The smallest absolute Gasteiger partial charge is 0.392 e. The maximum atomic E-state index is 11.9. The van der Waals surface area contributed by atoms with E-state index in [9.17, 15) is 13.2 Å². The number of hydrogen-bond acceptors (Lipinski definition) is 3. The largest absolute Gasteiger partial charge is 0.477 e. The normalized spacial score (nSPS) is 11.5. The van der Waals surface area contributed by atoms with Crippen LogP contribution in [-0.4, -0.2) is 24.3 Å². The van der Waals surface area contributed by atoms with Gasteiger partial charge in [-0.15, -0.1) is 0 Å². The molecule has 3 nitrogen and oxygen atoms in total. The SMILES string of the molecule is CCNCc1cccnc1OCCC(F)(F)F. The van der Waals surface area contributed by atoms with E-state index in [1.165, 1.54) is 6.20 Å². The van der Waals surface area contributed by atoms with Gasteiger partial charge < -0.3 is 10.1 Å². The first-order valence-electron chi connectivity index (χ1n) is 5.37. The van der Waals surface area contributed by atoms with Gasteiger partial charge in [0.25, 0.3) is 0 Å². The van der Waals surface area contributed by atoms with Crippen LogP contribution in [0.1, 0.15) is 18.9 Å². The lowest BCUT2D eigenvalue weighted by Crippen LogP contribution is -2.16. The second-order valence-electron chi connectivity index (χ2n) is 3.46. The Hall–Kier alpha value is -1.30. The van der Waals surface area contributed by atoms with Crippen molar-refractivity contribution in [3.63, 3.8) is 0 Å². The number of rotatable bonds is 6. The molecular formula is C11H15F3N2O. The number of aromatic nitrogens is 1. The molecule has 96 valence electrons. The lowest BCUT2D eigenvalue weighted by molar-refractivity contribution is -0.139. The second kappa shape index (κ2) is 6.44. The standard InChI is InChI=1S/C11H15F3N2O/c1-2-15-8-9-4-3-6-16-10(9)17-7-5-11(12,13)14/h3-4,6,15H,2,5,7-8H2,1H3. The van der Waals surface area contributed by atoms with Crippen LogP contribution in [0.2, 0.25) is 0 Å². The first-order valence-corrected chi connectivity index (χ1v) is 5.37. The molecule has 0 aromatic carbocycles. The third-order valence-corrected chi connectivity index (χ3v) is 2.04. The predicted octanol–water partition coefficient (Wildman–Crippen LogP) is 2.52. The molecule has 0 unspecified atom stereocenters. The fourth-order valence-corrected chi connectivity index (χ4v) is 1.21. The minimum absolute atomic E-state index is 0.262. The monoisotopic (exact) mass is 248 g/mol. The highest BCUT2D eigenvalue weighted by molar-refractivity contribution is 5.25. The van der Waals surface area contributed by atoms with Crippen molar-refractivity contribution in [3.05, 3.63) is 23.9 Å². The number of nitrogens with zero attached hydrogens (tertiary/aromatic N) is 1. The van der Waals surface area contributed by atoms with E-state index in [4.69, 9.17) is 4.74 Å². The Morgan fingerprint density at radius 2 is 2.18 bits per heavy atom. The van der Waals surface area contributed by atoms with Gasteiger partial charge >= 0.3 is 6.18 Å². The predicted molar refractivity (Wildman–Crippen MR) is 57.8 cm³/mol. The summed E-state index contributed by atoms with van der Waals surface area (Å²) in [5.41, 5.74) is 0.761. The second-order valence-corrected chi connectivity index (χ2v) is 3.46. The number of halogens is 3. The van der Waals surface area contributed by atoms with Crippen molar-refractivity contribution in [3.8, 4) is 5.88 Å². The molecule has 0 aliphatic heterocycles. The van der Waals surface area contributed by atoms with Crippen LogP contribution < -0.4 is 10.1 Å². The van der Waals surface area contributed by atoms with Crippen molar-refractivity contribution in [2.24, 2.45) is 0 Å². The van der Waals surface area contributed by atoms with Crippen LogP contribution >= 0.6 is 0 Å². The van der Waals surface area contributed by atoms with Gasteiger partial charge in [-0.1, -0.05) is 13.0 Å². The molecule has 0 amide bonds. The molecule has 17 heavy (non-hydrogen) atoms. The Morgan fingerprint density at radius 1 is 1.41 bits per heavy atom. The summed E-state index contributed by atoms with van der Waals surface area (Å²) in [6.45, 7) is 2.85. The summed E-state index contributed by atoms with van der Waals surface area (Å²) in [7, 11) is 0. The van der Waals surface area contributed by atoms with Gasteiger partial charge in [-0.3, -0.25) is 0 Å². The Bertz CT molecular complexity index is 342. The summed E-state index contributed by atoms with van der Waals surface area (Å²) in [4.78, 5) is 3.92. The van der Waals surface area contributed by atoms with Gasteiger partial charge in [0, 0.05) is 18.3 Å². The Balaban J connectivity index is 2.51. The van der Waals surface area contributed by atoms with E-state index >= 15 is 0 Å². The van der Waals surface area contributed by atoms with Crippen molar-refractivity contribution in [1.29, 1.82) is 0 Å². The lowest BCUT2D eigenvalue weighted by Gasteiger charge is -2.11. The van der Waals surface area contributed by atoms with Crippen LogP contribution in [0.5, 0.6) is 5.88 Å². The molecule has 0 bridgehead atoms. The van der Waals surface area contributed by atoms with Gasteiger partial charge in [0.05, 0.1) is 13.0 Å². The first-order chi connectivity index (χ1) is 8.03. The third kappa shape index (κ3) is 5.53. The quantitative estimate of drug-likeness (QED) is 0.840. The highest BCUT2D eigenvalue weighted by Crippen LogP contribution is 2.21. The number of ether oxygens (including phenoxy) is 1. The van der Waals surface area contributed by atoms with Gasteiger partial charge in [0.1, 0.15) is 0 Å². The minimum Gasteiger partial charge on any atom is -0.477 e. The molecule has 6 heteroatoms. The van der Waals surface area contributed by atoms with Crippen molar-refractivity contribution in [2.75, 3.05) is 13.2 Å². The van der Waals surface area contributed by atoms with Gasteiger partial charge in [0.2, 0.25) is 5.88 Å². The number of nitrogens with one attached hydrogen (secondary N) is 1. The minimum atomic E-state index is -4.20. The first kappa shape index (κ1) is 13.8. The van der Waals surface area contributed by atoms with E-state index in [1.54, 1.807) is 12.1 Å². The summed E-state index contributed by atoms with van der Waals surface area (Å²) >= 11 is 0. The van der Waals surface area contributed by atoms with Crippen molar-refractivity contribution in [2.45, 2.75) is 26.1 Å². The molecule has 1 N–H and O–H groups in total. The fraction of sp³-hybridized carbons (Fsp3) is 0.545. The zero-order valence-corrected chi connectivity index (χ0v) is 9.55. The molecule has 0 saturated heterocycles. The van der Waals surface area contributed by atoms with Crippen LogP contribution in [0.25, 0.3) is 0 Å². The molecule has 0 aliphatic rings. The number of hydrogen-bond donors (Lipinski definition) is 1. The van der Waals surface area contributed by atoms with Crippen LogP contribution in [0, 0.1) is 0 Å². The molecule has 1 aromatic rings. The Morgan fingerprint density at radius 3 is 2.82 bits per heavy atom. The van der Waals surface area contributed by atoms with Gasteiger partial charge in [-0.25, -0.2) is 4.98 Å². The number of pyridine rings is 1. The van der Waals surface area contributed by atoms with Crippen molar-refractivity contribution < 1.29 is 17.9 Å². The zero-order chi connectivity index (χ0) is 12.7. The van der Waals surface area contributed by atoms with E-state index in [2.05, 4.69) is 10.3 Å². The Labute approximate surface area is 98.0 Å². The molecule has 0 spiro atoms. The van der Waals surface area contributed by atoms with E-state index < -0.39 is 19.2 Å². The van der Waals surface area contributed by atoms with Gasteiger partial charge in [-0.05, 0) is 12.6 Å². The molecule has 0 radical (unpaired) electrons. The summed E-state index contributed by atoms with van der Waals surface area (Å²) in [5, 5.41) is 3.07. The number of alkyl halides is 3. The third-order valence-electron chi connectivity index (χ3n) is 2.04. The highest BCUT2D eigenvalue weighted by atomic mass is 19.4. The average molecular weight is 248 g/mol. The van der Waals surface area contributed by atoms with Crippen LogP contribution in [0.15, 0.2) is 18.3 Å². The summed E-state index contributed by atoms with van der Waals surface area (Å²) in [6, 6.07) is 3.50. The van der Waals surface area contributed by atoms with Crippen molar-refractivity contribution in [1.82, 2.24) is 10.3 Å². The van der Waals surface area contributed by atoms with Crippen LogP contribution in [0.4, 0.5) is 13.2 Å². The lowest BCUT2D eigenvalue weighted by atomic mass is 10.2. The molecule has 1 heterocycles. The van der Waals surface area contributed by atoms with Crippen molar-refractivity contribution >= 4 is 0 Å². The van der Waals surface area contributed by atoms with E-state index in [0.29, 0.717) is 6.54 Å². The average Bonchev–Trinajstić information content (AvgIpc) is 2.26. The van der Waals surface area contributed by atoms with Crippen LogP contribution in [0.3, 0.4) is 0 Å². The molecule has 0 atom stereocenters. The zero-order valence-electron chi connectivity index (χ0n) is 9.55. The van der Waals surface area contributed by atoms with Gasteiger partial charge in [0.15, 0.2) is 0 Å². The Kier molecular flexibility index (Phi) is 5.21. The summed E-state index contributed by atoms with van der Waals surface area (Å²) in [5.74, 6) is 0.262. The molecular weight excluding hydrogens is 233 g/mol. The molecule has 0 fully saturated rings. The molecule has 1 rings (SSSR count). The fourth-order valence-electron chi connectivity index (χ4n) is 1.21. The highest BCUT2D eigenvalue weighted by Gasteiger charge is 2.27. The van der Waals surface area contributed by atoms with E-state index in [0.717, 1.165) is 12.1 Å². The summed E-state index contributed by atoms with van der Waals surface area (Å²) < 4.78 is 40.9. The maximum Gasteiger partial charge on any atom is 0.392 e. The summed E-state index contributed by atoms with van der Waals surface area (Å²) in [6.07, 6.45) is -3.67. The topological polar surface area (TPSA) is 34.2 Å². The molecule has 0 aliphatic carbocycles. The molecule has 0 saturated carbocycles. The van der Waals surface area contributed by atoms with E-state index in [1.807, 2.05) is 6.92 Å². The van der Waals surface area contributed by atoms with Crippen LogP contribution in [-0.2, 0) is 6.54 Å². The maximum absolute atomic E-state index is 11.9. The van der Waals surface area contributed by atoms with E-state index in [-0.39, 0.29) is 5.88 Å². The van der Waals surface area contributed by atoms with Gasteiger partial charge in [-0.2, -0.15) is 13.2 Å². The molecule has 1 aromatic heterocycles.